The molecular formula is C18H19N2O3+. The summed E-state index contributed by atoms with van der Waals surface area (Å²) in [4.78, 5) is 14.7. The molecule has 0 radical (unpaired) electrons. The van der Waals surface area contributed by atoms with Crippen molar-refractivity contribution in [3.8, 4) is 5.75 Å². The van der Waals surface area contributed by atoms with Gasteiger partial charge in [-0.3, -0.25) is 4.79 Å². The lowest BCUT2D eigenvalue weighted by atomic mass is 9.98. The Kier molecular flexibility index (Phi) is 3.22. The van der Waals surface area contributed by atoms with Gasteiger partial charge in [-0.05, 0) is 17.7 Å². The lowest BCUT2D eigenvalue weighted by molar-refractivity contribution is -0.529. The van der Waals surface area contributed by atoms with Gasteiger partial charge in [0, 0.05) is 24.8 Å². The summed E-state index contributed by atoms with van der Waals surface area (Å²) in [7, 11) is 1.68. The molecule has 0 amide bonds. The van der Waals surface area contributed by atoms with Gasteiger partial charge in [-0.1, -0.05) is 0 Å². The molecule has 2 aliphatic heterocycles. The summed E-state index contributed by atoms with van der Waals surface area (Å²) in [6, 6.07) is 6.13. The quantitative estimate of drug-likeness (QED) is 0.684. The summed E-state index contributed by atoms with van der Waals surface area (Å²) >= 11 is 0. The molecule has 0 saturated carbocycles. The normalized spacial score (nSPS) is 16.7. The van der Waals surface area contributed by atoms with Crippen LogP contribution in [0.25, 0.3) is 10.9 Å². The Morgan fingerprint density at radius 3 is 2.87 bits per heavy atom. The monoisotopic (exact) mass is 311 g/mol. The maximum atomic E-state index is 11.2. The number of carbonyl (C=O) groups is 1. The van der Waals surface area contributed by atoms with Gasteiger partial charge < -0.3 is 14.5 Å². The number of allylic oxidation sites excluding steroid dienone is 1. The Labute approximate surface area is 134 Å². The third-order valence-corrected chi connectivity index (χ3v) is 4.54. The second kappa shape index (κ2) is 5.26. The molecule has 0 aliphatic carbocycles. The van der Waals surface area contributed by atoms with Crippen molar-refractivity contribution < 1.29 is 18.8 Å². The van der Waals surface area contributed by atoms with Crippen LogP contribution in [0.1, 0.15) is 24.6 Å². The molecule has 4 rings (SSSR count). The highest BCUT2D eigenvalue weighted by molar-refractivity contribution is 6.10. The number of ether oxygens (including phenoxy) is 2. The number of rotatable bonds is 2. The van der Waals surface area contributed by atoms with Crippen LogP contribution in [0.4, 0.5) is 0 Å². The number of nitrogens with zero attached hydrogens (tertiary/aromatic N) is 1. The molecule has 0 fully saturated rings. The van der Waals surface area contributed by atoms with Gasteiger partial charge in [-0.15, -0.1) is 0 Å². The average molecular weight is 311 g/mol. The molecule has 0 spiro atoms. The van der Waals surface area contributed by atoms with E-state index in [0.717, 1.165) is 54.4 Å². The van der Waals surface area contributed by atoms with Crippen molar-refractivity contribution in [3.63, 3.8) is 0 Å². The highest BCUT2D eigenvalue weighted by Gasteiger charge is 2.31. The number of aromatic nitrogens is 1. The number of hydrogen-bond donors (Lipinski definition) is 1. The minimum Gasteiger partial charge on any atom is -0.497 e. The highest BCUT2D eigenvalue weighted by atomic mass is 16.5. The summed E-state index contributed by atoms with van der Waals surface area (Å²) in [5, 5.41) is 1.24. The van der Waals surface area contributed by atoms with Gasteiger partial charge in [-0.2, -0.15) is 0 Å². The number of H-pyrrole nitrogens is 1. The van der Waals surface area contributed by atoms with E-state index in [2.05, 4.69) is 15.6 Å². The number of carbonyl (C=O) groups excluding carboxylic acids is 1. The Morgan fingerprint density at radius 1 is 1.26 bits per heavy atom. The number of methoxy groups -OCH3 is 1. The molecule has 1 N–H and O–H groups in total. The fraction of sp³-hybridized carbons (Fsp3) is 0.333. The maximum absolute atomic E-state index is 11.2. The van der Waals surface area contributed by atoms with E-state index < -0.39 is 0 Å². The summed E-state index contributed by atoms with van der Waals surface area (Å²) in [5.74, 6) is 1.33. The summed E-state index contributed by atoms with van der Waals surface area (Å²) in [5.41, 5.74) is 4.65. The second-order valence-electron chi connectivity index (χ2n) is 5.97. The summed E-state index contributed by atoms with van der Waals surface area (Å²) < 4.78 is 13.0. The van der Waals surface area contributed by atoms with Crippen molar-refractivity contribution in [2.24, 2.45) is 0 Å². The minimum atomic E-state index is -0.261. The zero-order valence-electron chi connectivity index (χ0n) is 13.3. The average Bonchev–Trinajstić information content (AvgIpc) is 2.92. The molecule has 23 heavy (non-hydrogen) atoms. The number of esters is 1. The molecule has 2 aliphatic rings. The third-order valence-electron chi connectivity index (χ3n) is 4.54. The van der Waals surface area contributed by atoms with Crippen molar-refractivity contribution in [1.29, 1.82) is 0 Å². The smallest absolute Gasteiger partial charge is 0.307 e. The van der Waals surface area contributed by atoms with Gasteiger partial charge in [0.05, 0.1) is 25.1 Å². The molecule has 118 valence electrons. The number of fused-ring (bicyclic) bond motifs is 4. The van der Waals surface area contributed by atoms with E-state index in [1.807, 2.05) is 18.2 Å². The van der Waals surface area contributed by atoms with E-state index >= 15 is 0 Å². The van der Waals surface area contributed by atoms with E-state index in [0.29, 0.717) is 0 Å². The molecular weight excluding hydrogens is 292 g/mol. The Bertz CT molecular complexity index is 874. The molecule has 5 heteroatoms. The Balaban J connectivity index is 1.83. The fourth-order valence-corrected chi connectivity index (χ4v) is 3.50. The molecule has 0 atom stereocenters. The summed E-state index contributed by atoms with van der Waals surface area (Å²) in [6.07, 6.45) is 3.78. The molecule has 0 unspecified atom stereocenters. The van der Waals surface area contributed by atoms with E-state index in [-0.39, 0.29) is 5.97 Å². The first-order chi connectivity index (χ1) is 11.2. The van der Waals surface area contributed by atoms with Crippen LogP contribution in [0.15, 0.2) is 30.0 Å². The summed E-state index contributed by atoms with van der Waals surface area (Å²) in [6.45, 7) is 3.32. The number of aromatic amines is 1. The zero-order chi connectivity index (χ0) is 16.0. The van der Waals surface area contributed by atoms with Crippen LogP contribution in [-0.4, -0.2) is 41.4 Å². The van der Waals surface area contributed by atoms with Gasteiger partial charge in [0.2, 0.25) is 5.71 Å². The van der Waals surface area contributed by atoms with Crippen LogP contribution in [0.3, 0.4) is 0 Å². The number of benzene rings is 1. The minimum absolute atomic E-state index is 0.261. The second-order valence-corrected chi connectivity index (χ2v) is 5.97. The van der Waals surface area contributed by atoms with Gasteiger partial charge in [0.25, 0.3) is 0 Å². The molecule has 5 nitrogen and oxygen atoms in total. The zero-order valence-corrected chi connectivity index (χ0v) is 13.3. The van der Waals surface area contributed by atoms with Crippen LogP contribution >= 0.6 is 0 Å². The van der Waals surface area contributed by atoms with E-state index in [1.54, 1.807) is 7.11 Å². The molecule has 2 aromatic rings. The predicted octanol–water partition coefficient (Wildman–Crippen LogP) is 2.38. The van der Waals surface area contributed by atoms with Crippen LogP contribution in [0.2, 0.25) is 0 Å². The molecule has 0 saturated heterocycles. The van der Waals surface area contributed by atoms with Crippen LogP contribution in [0, 0.1) is 0 Å². The molecule has 3 heterocycles. The van der Waals surface area contributed by atoms with E-state index in [1.165, 1.54) is 17.9 Å². The van der Waals surface area contributed by atoms with Crippen molar-refractivity contribution in [3.05, 3.63) is 41.3 Å². The Morgan fingerprint density at radius 2 is 2.09 bits per heavy atom. The van der Waals surface area contributed by atoms with Crippen LogP contribution < -0.4 is 4.74 Å². The first-order valence-electron chi connectivity index (χ1n) is 7.85. The number of nitrogens with one attached hydrogen (secondary N) is 1. The molecule has 1 aromatic heterocycles. The first-order valence-corrected chi connectivity index (χ1v) is 7.85. The maximum Gasteiger partial charge on any atom is 0.307 e. The van der Waals surface area contributed by atoms with Crippen molar-refractivity contribution in [1.82, 2.24) is 4.98 Å². The first kappa shape index (κ1) is 14.1. The SMILES string of the molecule is COc1ccc2c3c([nH]c2c1)C1=[N+](CCC(OC(C)=O)=C1)CC3. The lowest BCUT2D eigenvalue weighted by Gasteiger charge is -2.19. The largest absolute Gasteiger partial charge is 0.497 e. The Hall–Kier alpha value is -2.56. The standard InChI is InChI=1S/C18H18N2O3/c1-11(21)23-13-5-7-20-8-6-15-14-4-3-12(22-2)9-16(14)19-18(15)17(20)10-13/h3-4,9-10H,5-8H2,1-2H3/p+1. The van der Waals surface area contributed by atoms with E-state index in [9.17, 15) is 4.79 Å². The topological polar surface area (TPSA) is 54.3 Å². The van der Waals surface area contributed by atoms with Crippen LogP contribution in [-0.2, 0) is 16.0 Å². The van der Waals surface area contributed by atoms with Gasteiger partial charge in [0.1, 0.15) is 23.7 Å². The van der Waals surface area contributed by atoms with Gasteiger partial charge in [0.15, 0.2) is 6.54 Å². The lowest BCUT2D eigenvalue weighted by Crippen LogP contribution is -2.33. The van der Waals surface area contributed by atoms with Crippen molar-refractivity contribution in [2.75, 3.05) is 20.2 Å². The fourth-order valence-electron chi connectivity index (χ4n) is 3.50. The number of hydrogen-bond acceptors (Lipinski definition) is 3. The predicted molar refractivity (Wildman–Crippen MR) is 87.1 cm³/mol. The van der Waals surface area contributed by atoms with Crippen molar-refractivity contribution >= 4 is 22.6 Å². The van der Waals surface area contributed by atoms with Crippen LogP contribution in [0.5, 0.6) is 5.75 Å². The molecule has 1 aromatic carbocycles. The van der Waals surface area contributed by atoms with Gasteiger partial charge >= 0.3 is 5.97 Å². The molecule has 0 bridgehead atoms. The van der Waals surface area contributed by atoms with E-state index in [4.69, 9.17) is 9.47 Å². The van der Waals surface area contributed by atoms with Gasteiger partial charge in [-0.25, -0.2) is 4.58 Å². The highest BCUT2D eigenvalue weighted by Crippen LogP contribution is 2.30. The third kappa shape index (κ3) is 2.32. The van der Waals surface area contributed by atoms with Crippen molar-refractivity contribution in [2.45, 2.75) is 19.8 Å².